The molecule has 1 aromatic rings. The van der Waals surface area contributed by atoms with Crippen LogP contribution >= 0.6 is 0 Å². The van der Waals surface area contributed by atoms with E-state index in [1.54, 1.807) is 39.0 Å². The molecule has 9 nitrogen and oxygen atoms in total. The van der Waals surface area contributed by atoms with Gasteiger partial charge in [-0.25, -0.2) is 13.2 Å². The number of esters is 1. The fourth-order valence-corrected chi connectivity index (χ4v) is 3.60. The van der Waals surface area contributed by atoms with Crippen LogP contribution in [-0.2, 0) is 24.3 Å². The Hall–Kier alpha value is -2.93. The molecule has 1 heterocycles. The highest BCUT2D eigenvalue weighted by molar-refractivity contribution is 7.90. The van der Waals surface area contributed by atoms with Crippen molar-refractivity contribution in [1.29, 1.82) is 5.26 Å². The number of amides is 1. The van der Waals surface area contributed by atoms with Crippen molar-refractivity contribution in [2.75, 3.05) is 6.61 Å². The fourth-order valence-electron chi connectivity index (χ4n) is 2.36. The number of amidine groups is 1. The molecule has 0 saturated heterocycles. The first-order valence-corrected chi connectivity index (χ1v) is 10.1. The summed E-state index contributed by atoms with van der Waals surface area (Å²) >= 11 is 0. The molecule has 2 atom stereocenters. The van der Waals surface area contributed by atoms with Crippen LogP contribution in [0.2, 0.25) is 0 Å². The van der Waals surface area contributed by atoms with Crippen molar-refractivity contribution in [2.45, 2.75) is 44.2 Å². The van der Waals surface area contributed by atoms with Gasteiger partial charge in [0.05, 0.1) is 11.0 Å². The average Bonchev–Trinajstić information content (AvgIpc) is 2.90. The van der Waals surface area contributed by atoms with Crippen molar-refractivity contribution in [1.82, 2.24) is 10.0 Å². The molecule has 150 valence electrons. The summed E-state index contributed by atoms with van der Waals surface area (Å²) in [6, 6.07) is 7.25. The lowest BCUT2D eigenvalue weighted by atomic mass is 9.90. The number of aliphatic imine (C=N–C) groups is 1. The van der Waals surface area contributed by atoms with Gasteiger partial charge in [0.15, 0.2) is 6.61 Å². The van der Waals surface area contributed by atoms with E-state index in [1.807, 2.05) is 6.07 Å². The Morgan fingerprint density at radius 2 is 1.96 bits per heavy atom. The second-order valence-corrected chi connectivity index (χ2v) is 8.53. The molecule has 1 aromatic carbocycles. The summed E-state index contributed by atoms with van der Waals surface area (Å²) in [5.74, 6) is -1.51. The van der Waals surface area contributed by atoms with E-state index in [2.05, 4.69) is 15.0 Å². The monoisotopic (exact) mass is 406 g/mol. The Balaban J connectivity index is 2.02. The molecular weight excluding hydrogens is 384 g/mol. The SMILES string of the molecule is CC(C)[C@](C)(C#N)NC(=O)COC(=O)[C@H](C)N=C1NS(=O)(=O)c2ccccc21. The smallest absolute Gasteiger partial charge is 0.331 e. The highest BCUT2D eigenvalue weighted by Crippen LogP contribution is 2.22. The Morgan fingerprint density at radius 3 is 2.57 bits per heavy atom. The number of nitrogens with one attached hydrogen (secondary N) is 2. The van der Waals surface area contributed by atoms with E-state index in [4.69, 9.17) is 4.74 Å². The minimum absolute atomic E-state index is 0.0429. The molecule has 2 rings (SSSR count). The molecule has 10 heteroatoms. The van der Waals surface area contributed by atoms with Gasteiger partial charge in [0.25, 0.3) is 15.9 Å². The number of rotatable bonds is 6. The van der Waals surface area contributed by atoms with Gasteiger partial charge in [-0.05, 0) is 31.9 Å². The van der Waals surface area contributed by atoms with Crippen molar-refractivity contribution in [3.8, 4) is 6.07 Å². The van der Waals surface area contributed by atoms with Crippen molar-refractivity contribution >= 4 is 27.7 Å². The van der Waals surface area contributed by atoms with Crippen molar-refractivity contribution in [3.05, 3.63) is 29.8 Å². The van der Waals surface area contributed by atoms with E-state index >= 15 is 0 Å². The molecule has 0 aliphatic carbocycles. The molecule has 1 aliphatic rings. The first-order valence-electron chi connectivity index (χ1n) is 8.59. The number of sulfonamides is 1. The Labute approximate surface area is 163 Å². The summed E-state index contributed by atoms with van der Waals surface area (Å²) in [6.45, 7) is 6.01. The number of ether oxygens (including phenoxy) is 1. The molecule has 0 unspecified atom stereocenters. The maximum atomic E-state index is 12.1. The third-order valence-electron chi connectivity index (χ3n) is 4.46. The molecule has 1 amide bonds. The average molecular weight is 406 g/mol. The lowest BCUT2D eigenvalue weighted by Crippen LogP contribution is -2.50. The zero-order chi connectivity index (χ0) is 21.1. The summed E-state index contributed by atoms with van der Waals surface area (Å²) in [4.78, 5) is 28.3. The van der Waals surface area contributed by atoms with Crippen LogP contribution in [0.5, 0.6) is 0 Å². The lowest BCUT2D eigenvalue weighted by molar-refractivity contribution is -0.149. The molecule has 2 N–H and O–H groups in total. The Kier molecular flexibility index (Phi) is 6.09. The van der Waals surface area contributed by atoms with Crippen LogP contribution in [0, 0.1) is 17.2 Å². The predicted octanol–water partition coefficient (Wildman–Crippen LogP) is 0.711. The van der Waals surface area contributed by atoms with Gasteiger partial charge in [-0.2, -0.15) is 5.26 Å². The van der Waals surface area contributed by atoms with Crippen LogP contribution in [0.1, 0.15) is 33.3 Å². The summed E-state index contributed by atoms with van der Waals surface area (Å²) < 4.78 is 31.4. The van der Waals surface area contributed by atoms with Crippen LogP contribution in [0.15, 0.2) is 34.2 Å². The van der Waals surface area contributed by atoms with E-state index in [0.717, 1.165) is 0 Å². The molecule has 0 spiro atoms. The zero-order valence-electron chi connectivity index (χ0n) is 16.0. The van der Waals surface area contributed by atoms with Crippen LogP contribution < -0.4 is 10.0 Å². The fraction of sp³-hybridized carbons (Fsp3) is 0.444. The maximum absolute atomic E-state index is 12.1. The second-order valence-electron chi connectivity index (χ2n) is 6.88. The Morgan fingerprint density at radius 1 is 1.32 bits per heavy atom. The maximum Gasteiger partial charge on any atom is 0.331 e. The summed E-state index contributed by atoms with van der Waals surface area (Å²) in [5, 5.41) is 11.7. The second kappa shape index (κ2) is 7.98. The standard InChI is InChI=1S/C18H22N4O5S/c1-11(2)18(4,10-19)21-15(23)9-27-17(24)12(3)20-16-13-7-5-6-8-14(13)28(25,26)22-16/h5-8,11-12H,9H2,1-4H3,(H,20,22)(H,21,23)/t12-,18-/m0/s1. The quantitative estimate of drug-likeness (QED) is 0.668. The molecule has 0 bridgehead atoms. The number of carbonyl (C=O) groups excluding carboxylic acids is 2. The minimum Gasteiger partial charge on any atom is -0.454 e. The summed E-state index contributed by atoms with van der Waals surface area (Å²) in [5.41, 5.74) is -0.720. The van der Waals surface area contributed by atoms with E-state index < -0.39 is 40.1 Å². The molecule has 0 radical (unpaired) electrons. The number of carbonyl (C=O) groups is 2. The van der Waals surface area contributed by atoms with Gasteiger partial charge in [0, 0.05) is 5.56 Å². The van der Waals surface area contributed by atoms with Gasteiger partial charge in [-0.3, -0.25) is 14.5 Å². The first kappa shape index (κ1) is 21.4. The molecular formula is C18H22N4O5S. The number of hydrogen-bond donors (Lipinski definition) is 2. The highest BCUT2D eigenvalue weighted by Gasteiger charge is 2.32. The van der Waals surface area contributed by atoms with E-state index in [1.165, 1.54) is 13.0 Å². The third-order valence-corrected chi connectivity index (χ3v) is 5.86. The van der Waals surface area contributed by atoms with E-state index in [-0.39, 0.29) is 16.6 Å². The lowest BCUT2D eigenvalue weighted by Gasteiger charge is -2.27. The molecule has 0 fully saturated rings. The minimum atomic E-state index is -3.71. The van der Waals surface area contributed by atoms with Gasteiger partial charge >= 0.3 is 5.97 Å². The van der Waals surface area contributed by atoms with Gasteiger partial charge in [0.1, 0.15) is 17.4 Å². The number of nitrogens with zero attached hydrogens (tertiary/aromatic N) is 2. The van der Waals surface area contributed by atoms with Gasteiger partial charge < -0.3 is 10.1 Å². The third kappa shape index (κ3) is 4.48. The predicted molar refractivity (Wildman–Crippen MR) is 101 cm³/mol. The van der Waals surface area contributed by atoms with Crippen molar-refractivity contribution in [2.24, 2.45) is 10.9 Å². The number of benzene rings is 1. The summed E-state index contributed by atoms with van der Waals surface area (Å²) in [6.07, 6.45) is 0. The number of hydrogen-bond acceptors (Lipinski definition) is 7. The zero-order valence-corrected chi connectivity index (χ0v) is 16.8. The number of nitriles is 1. The molecule has 0 saturated carbocycles. The van der Waals surface area contributed by atoms with Crippen molar-refractivity contribution in [3.63, 3.8) is 0 Å². The Bertz CT molecular complexity index is 964. The number of fused-ring (bicyclic) bond motifs is 1. The van der Waals surface area contributed by atoms with Crippen molar-refractivity contribution < 1.29 is 22.7 Å². The van der Waals surface area contributed by atoms with Gasteiger partial charge in [-0.15, -0.1) is 0 Å². The summed E-state index contributed by atoms with van der Waals surface area (Å²) in [7, 11) is -3.71. The first-order chi connectivity index (χ1) is 13.0. The largest absolute Gasteiger partial charge is 0.454 e. The van der Waals surface area contributed by atoms with Crippen LogP contribution in [0.3, 0.4) is 0 Å². The van der Waals surface area contributed by atoms with Crippen LogP contribution in [0.4, 0.5) is 0 Å². The highest BCUT2D eigenvalue weighted by atomic mass is 32.2. The molecule has 0 aromatic heterocycles. The van der Waals surface area contributed by atoms with E-state index in [0.29, 0.717) is 5.56 Å². The molecule has 1 aliphatic heterocycles. The molecule has 28 heavy (non-hydrogen) atoms. The van der Waals surface area contributed by atoms with Crippen LogP contribution in [0.25, 0.3) is 0 Å². The normalized spacial score (nSPS) is 19.1. The van der Waals surface area contributed by atoms with Gasteiger partial charge in [-0.1, -0.05) is 26.0 Å². The topological polar surface area (TPSA) is 138 Å². The van der Waals surface area contributed by atoms with Gasteiger partial charge in [0.2, 0.25) is 0 Å². The van der Waals surface area contributed by atoms with E-state index in [9.17, 15) is 23.3 Å². The van der Waals surface area contributed by atoms with Crippen LogP contribution in [-0.4, -0.2) is 44.3 Å².